The van der Waals surface area contributed by atoms with Gasteiger partial charge in [-0.3, -0.25) is 0 Å². The quantitative estimate of drug-likeness (QED) is 0.526. The lowest BCUT2D eigenvalue weighted by Gasteiger charge is -2.13. The van der Waals surface area contributed by atoms with E-state index in [0.717, 1.165) is 6.04 Å². The topological polar surface area (TPSA) is 38.0 Å². The Bertz CT molecular complexity index is 101. The van der Waals surface area contributed by atoms with Gasteiger partial charge in [0.15, 0.2) is 0 Å². The average Bonchev–Trinajstić information content (AvgIpc) is 2.52. The Labute approximate surface area is 63.2 Å². The molecule has 0 aliphatic carbocycles. The van der Waals surface area contributed by atoms with Crippen molar-refractivity contribution >= 4 is 0 Å². The summed E-state index contributed by atoms with van der Waals surface area (Å²) >= 11 is 0. The number of nitrogens with one attached hydrogen (secondary N) is 1. The van der Waals surface area contributed by atoms with Gasteiger partial charge in [0.05, 0.1) is 0 Å². The summed E-state index contributed by atoms with van der Waals surface area (Å²) in [5.41, 5.74) is 5.76. The second kappa shape index (κ2) is 3.35. The third-order valence-corrected chi connectivity index (χ3v) is 2.35. The van der Waals surface area contributed by atoms with Crippen LogP contribution in [-0.4, -0.2) is 18.1 Å². The van der Waals surface area contributed by atoms with Gasteiger partial charge in [-0.15, -0.1) is 0 Å². The van der Waals surface area contributed by atoms with Gasteiger partial charge in [-0.1, -0.05) is 13.8 Å². The van der Waals surface area contributed by atoms with Crippen LogP contribution >= 0.6 is 0 Å². The molecule has 0 saturated carbocycles. The lowest BCUT2D eigenvalue weighted by molar-refractivity contribution is 0.502. The second-order valence-corrected chi connectivity index (χ2v) is 2.95. The molecule has 0 aromatic carbocycles. The third kappa shape index (κ3) is 1.32. The van der Waals surface area contributed by atoms with E-state index in [-0.39, 0.29) is 0 Å². The van der Waals surface area contributed by atoms with E-state index in [1.54, 1.807) is 0 Å². The Balaban J connectivity index is 0.000000231. The first-order chi connectivity index (χ1) is 4.86. The van der Waals surface area contributed by atoms with Crippen molar-refractivity contribution in [2.24, 2.45) is 5.73 Å². The number of nitrogens with two attached hydrogens (primary N) is 1. The lowest BCUT2D eigenvalue weighted by Crippen LogP contribution is -2.33. The molecule has 60 valence electrons. The van der Waals surface area contributed by atoms with E-state index >= 15 is 0 Å². The van der Waals surface area contributed by atoms with Crippen LogP contribution < -0.4 is 11.1 Å². The minimum Gasteiger partial charge on any atom is -0.326 e. The Morgan fingerprint density at radius 1 is 1.30 bits per heavy atom. The molecule has 0 spiro atoms. The van der Waals surface area contributed by atoms with Crippen molar-refractivity contribution in [3.63, 3.8) is 0 Å². The first-order valence-electron chi connectivity index (χ1n) is 4.38. The summed E-state index contributed by atoms with van der Waals surface area (Å²) in [4.78, 5) is 0. The zero-order chi connectivity index (χ0) is 7.56. The van der Waals surface area contributed by atoms with Gasteiger partial charge in [-0.25, -0.2) is 0 Å². The maximum Gasteiger partial charge on any atom is 0.0222 e. The molecule has 0 radical (unpaired) electrons. The highest BCUT2D eigenvalue weighted by atomic mass is 15.1. The van der Waals surface area contributed by atoms with Crippen LogP contribution in [0.4, 0.5) is 0 Å². The molecule has 0 aromatic rings. The number of rotatable bonds is 0. The molecular formula is C8H18N2. The number of hydrogen-bond acceptors (Lipinski definition) is 2. The van der Waals surface area contributed by atoms with E-state index in [0.29, 0.717) is 12.1 Å². The molecule has 2 nitrogen and oxygen atoms in total. The zero-order valence-corrected chi connectivity index (χ0v) is 6.93. The van der Waals surface area contributed by atoms with Gasteiger partial charge in [-0.05, 0) is 19.3 Å². The summed E-state index contributed by atoms with van der Waals surface area (Å²) < 4.78 is 0. The van der Waals surface area contributed by atoms with E-state index in [1.807, 2.05) is 13.8 Å². The van der Waals surface area contributed by atoms with Crippen LogP contribution in [0.5, 0.6) is 0 Å². The minimum absolute atomic E-state index is 0.466. The fraction of sp³-hybridized carbons (Fsp3) is 1.00. The molecule has 2 rings (SSSR count). The first kappa shape index (κ1) is 8.02. The highest BCUT2D eigenvalue weighted by molar-refractivity contribution is 4.99. The SMILES string of the molecule is CC.N[C@@H]1C[C@@H]2CC[C@H]1N2. The van der Waals surface area contributed by atoms with Crippen molar-refractivity contribution in [3.8, 4) is 0 Å². The molecule has 2 heteroatoms. The predicted octanol–water partition coefficient (Wildman–Crippen LogP) is 0.864. The van der Waals surface area contributed by atoms with Crippen LogP contribution in [0.2, 0.25) is 0 Å². The highest BCUT2D eigenvalue weighted by Crippen LogP contribution is 2.26. The molecule has 0 aromatic heterocycles. The maximum absolute atomic E-state index is 5.76. The van der Waals surface area contributed by atoms with Gasteiger partial charge in [0.25, 0.3) is 0 Å². The standard InChI is InChI=1S/C6H12N2.C2H6/c7-5-3-4-1-2-6(5)8-4;1-2/h4-6,8H,1-3,7H2;1-2H3/t4-,5+,6+;/m0./s1. The van der Waals surface area contributed by atoms with Crippen molar-refractivity contribution in [2.75, 3.05) is 0 Å². The summed E-state index contributed by atoms with van der Waals surface area (Å²) in [6.45, 7) is 4.00. The number of hydrogen-bond donors (Lipinski definition) is 2. The Morgan fingerprint density at radius 2 is 2.00 bits per heavy atom. The fourth-order valence-corrected chi connectivity index (χ4v) is 1.87. The van der Waals surface area contributed by atoms with E-state index in [4.69, 9.17) is 5.73 Å². The van der Waals surface area contributed by atoms with E-state index in [9.17, 15) is 0 Å². The second-order valence-electron chi connectivity index (χ2n) is 2.95. The van der Waals surface area contributed by atoms with Crippen LogP contribution in [0.25, 0.3) is 0 Å². The fourth-order valence-electron chi connectivity index (χ4n) is 1.87. The van der Waals surface area contributed by atoms with Crippen molar-refractivity contribution < 1.29 is 0 Å². The Kier molecular flexibility index (Phi) is 2.69. The minimum atomic E-state index is 0.466. The molecule has 2 saturated heterocycles. The maximum atomic E-state index is 5.76. The lowest BCUT2D eigenvalue weighted by atomic mass is 9.97. The van der Waals surface area contributed by atoms with E-state index in [2.05, 4.69) is 5.32 Å². The van der Waals surface area contributed by atoms with Gasteiger partial charge in [-0.2, -0.15) is 0 Å². The molecule has 3 N–H and O–H groups in total. The van der Waals surface area contributed by atoms with Crippen LogP contribution in [0.15, 0.2) is 0 Å². The van der Waals surface area contributed by atoms with Gasteiger partial charge < -0.3 is 11.1 Å². The van der Waals surface area contributed by atoms with Gasteiger partial charge in [0, 0.05) is 18.1 Å². The van der Waals surface area contributed by atoms with Gasteiger partial charge >= 0.3 is 0 Å². The molecule has 10 heavy (non-hydrogen) atoms. The molecule has 2 heterocycles. The van der Waals surface area contributed by atoms with E-state index in [1.165, 1.54) is 19.3 Å². The van der Waals surface area contributed by atoms with Crippen LogP contribution in [0.3, 0.4) is 0 Å². The summed E-state index contributed by atoms with van der Waals surface area (Å²) in [6.07, 6.45) is 3.88. The highest BCUT2D eigenvalue weighted by Gasteiger charge is 2.36. The summed E-state index contributed by atoms with van der Waals surface area (Å²) in [6, 6.07) is 1.91. The molecular weight excluding hydrogens is 124 g/mol. The largest absolute Gasteiger partial charge is 0.326 e. The van der Waals surface area contributed by atoms with Crippen molar-refractivity contribution in [1.29, 1.82) is 0 Å². The normalized spacial score (nSPS) is 42.9. The molecule has 2 bridgehead atoms. The summed E-state index contributed by atoms with van der Waals surface area (Å²) in [5, 5.41) is 3.45. The average molecular weight is 142 g/mol. The Morgan fingerprint density at radius 3 is 2.20 bits per heavy atom. The Hall–Kier alpha value is -0.0800. The molecule has 2 aliphatic heterocycles. The third-order valence-electron chi connectivity index (χ3n) is 2.35. The van der Waals surface area contributed by atoms with Crippen LogP contribution in [0, 0.1) is 0 Å². The van der Waals surface area contributed by atoms with Crippen molar-refractivity contribution in [2.45, 2.75) is 51.2 Å². The molecule has 2 aliphatic rings. The van der Waals surface area contributed by atoms with Gasteiger partial charge in [0.2, 0.25) is 0 Å². The smallest absolute Gasteiger partial charge is 0.0222 e. The number of fused-ring (bicyclic) bond motifs is 2. The monoisotopic (exact) mass is 142 g/mol. The zero-order valence-electron chi connectivity index (χ0n) is 6.93. The van der Waals surface area contributed by atoms with E-state index < -0.39 is 0 Å². The molecule has 2 fully saturated rings. The molecule has 3 atom stereocenters. The summed E-state index contributed by atoms with van der Waals surface area (Å²) in [7, 11) is 0. The van der Waals surface area contributed by atoms with Crippen LogP contribution in [0.1, 0.15) is 33.1 Å². The van der Waals surface area contributed by atoms with Crippen molar-refractivity contribution in [1.82, 2.24) is 5.32 Å². The van der Waals surface area contributed by atoms with Crippen LogP contribution in [-0.2, 0) is 0 Å². The molecule has 0 unspecified atom stereocenters. The molecule has 0 amide bonds. The predicted molar refractivity (Wildman–Crippen MR) is 43.9 cm³/mol. The first-order valence-corrected chi connectivity index (χ1v) is 4.38. The van der Waals surface area contributed by atoms with Gasteiger partial charge in [0.1, 0.15) is 0 Å². The van der Waals surface area contributed by atoms with Crippen molar-refractivity contribution in [3.05, 3.63) is 0 Å². The summed E-state index contributed by atoms with van der Waals surface area (Å²) in [5.74, 6) is 0.